The molecule has 1 aromatic heterocycles. The number of nitrogen functional groups attached to an aromatic ring is 1. The van der Waals surface area contributed by atoms with Gasteiger partial charge in [0.15, 0.2) is 5.82 Å². The van der Waals surface area contributed by atoms with Crippen LogP contribution < -0.4 is 15.8 Å². The Bertz CT molecular complexity index is 417. The second kappa shape index (κ2) is 4.63. The van der Waals surface area contributed by atoms with E-state index < -0.39 is 0 Å². The maximum Gasteiger partial charge on any atom is 0.242 e. The highest BCUT2D eigenvalue weighted by molar-refractivity contribution is 5.66. The van der Waals surface area contributed by atoms with Crippen LogP contribution in [0.25, 0.3) is 0 Å². The molecule has 98 valence electrons. The lowest BCUT2D eigenvalue weighted by atomic mass is 10.1. The van der Waals surface area contributed by atoms with E-state index in [9.17, 15) is 0 Å². The van der Waals surface area contributed by atoms with Crippen LogP contribution in [0.2, 0.25) is 0 Å². The number of ether oxygens (including phenoxy) is 1. The fourth-order valence-corrected chi connectivity index (χ4v) is 2.44. The monoisotopic (exact) mass is 248 g/mol. The molecule has 0 unspecified atom stereocenters. The highest BCUT2D eigenvalue weighted by Gasteiger charge is 2.41. The molecule has 0 spiro atoms. The van der Waals surface area contributed by atoms with Crippen LogP contribution in [-0.2, 0) is 0 Å². The van der Waals surface area contributed by atoms with Crippen LogP contribution in [0.15, 0.2) is 6.33 Å². The highest BCUT2D eigenvalue weighted by atomic mass is 16.5. The minimum atomic E-state index is 0.486. The molecule has 3 rings (SSSR count). The molecule has 5 nitrogen and oxygen atoms in total. The first-order valence-corrected chi connectivity index (χ1v) is 6.79. The average molecular weight is 248 g/mol. The molecule has 5 heteroatoms. The van der Waals surface area contributed by atoms with Gasteiger partial charge in [0.05, 0.1) is 6.61 Å². The number of hydrogen-bond acceptors (Lipinski definition) is 5. The van der Waals surface area contributed by atoms with E-state index in [2.05, 4.69) is 15.3 Å². The molecule has 2 aliphatic carbocycles. The van der Waals surface area contributed by atoms with Gasteiger partial charge in [-0.25, -0.2) is 4.98 Å². The van der Waals surface area contributed by atoms with Gasteiger partial charge in [-0.2, -0.15) is 4.98 Å². The molecule has 2 saturated carbocycles. The lowest BCUT2D eigenvalue weighted by Gasteiger charge is -2.19. The second-order valence-electron chi connectivity index (χ2n) is 5.22. The van der Waals surface area contributed by atoms with Crippen LogP contribution in [0.4, 0.5) is 11.5 Å². The fourth-order valence-electron chi connectivity index (χ4n) is 2.44. The third kappa shape index (κ3) is 2.35. The van der Waals surface area contributed by atoms with E-state index in [1.165, 1.54) is 32.0 Å². The smallest absolute Gasteiger partial charge is 0.242 e. The summed E-state index contributed by atoms with van der Waals surface area (Å²) in [4.78, 5) is 8.31. The van der Waals surface area contributed by atoms with Gasteiger partial charge in [-0.1, -0.05) is 0 Å². The minimum absolute atomic E-state index is 0.486. The zero-order valence-corrected chi connectivity index (χ0v) is 10.7. The largest absolute Gasteiger partial charge is 0.476 e. The zero-order chi connectivity index (χ0) is 12.5. The van der Waals surface area contributed by atoms with E-state index in [0.717, 1.165) is 17.7 Å². The summed E-state index contributed by atoms with van der Waals surface area (Å²) in [6.07, 6.45) is 6.84. The summed E-state index contributed by atoms with van der Waals surface area (Å²) < 4.78 is 5.39. The number of nitrogens with zero attached hydrogens (tertiary/aromatic N) is 2. The van der Waals surface area contributed by atoms with Gasteiger partial charge >= 0.3 is 0 Å². The summed E-state index contributed by atoms with van der Waals surface area (Å²) in [6.45, 7) is 2.49. The van der Waals surface area contributed by atoms with Crippen molar-refractivity contribution < 1.29 is 4.74 Å². The molecule has 0 bridgehead atoms. The van der Waals surface area contributed by atoms with E-state index in [1.807, 2.05) is 6.92 Å². The van der Waals surface area contributed by atoms with Crippen LogP contribution in [0.3, 0.4) is 0 Å². The molecule has 0 radical (unpaired) electrons. The van der Waals surface area contributed by atoms with Crippen LogP contribution in [0, 0.1) is 11.8 Å². The summed E-state index contributed by atoms with van der Waals surface area (Å²) in [7, 11) is 0. The molecule has 2 fully saturated rings. The molecular formula is C13H20N4O. The molecule has 1 heterocycles. The zero-order valence-electron chi connectivity index (χ0n) is 10.7. The van der Waals surface area contributed by atoms with Crippen molar-refractivity contribution in [3.63, 3.8) is 0 Å². The first kappa shape index (κ1) is 11.6. The maximum absolute atomic E-state index is 6.05. The standard InChI is InChI=1S/C13H20N4O/c1-2-18-13-10(14)12(15-7-16-13)17-11(8-3-4-8)9-5-6-9/h7-9,11H,2-6,14H2,1H3,(H,15,16,17). The Kier molecular flexibility index (Phi) is 2.97. The second-order valence-corrected chi connectivity index (χ2v) is 5.22. The van der Waals surface area contributed by atoms with Crippen LogP contribution in [0.5, 0.6) is 5.88 Å². The van der Waals surface area contributed by atoms with Gasteiger partial charge in [0.1, 0.15) is 12.0 Å². The van der Waals surface area contributed by atoms with Gasteiger partial charge in [0.2, 0.25) is 5.88 Å². The lowest BCUT2D eigenvalue weighted by molar-refractivity contribution is 0.328. The third-order valence-electron chi connectivity index (χ3n) is 3.69. The Morgan fingerprint density at radius 2 is 2.00 bits per heavy atom. The van der Waals surface area contributed by atoms with Crippen molar-refractivity contribution in [2.75, 3.05) is 17.7 Å². The average Bonchev–Trinajstić information content (AvgIpc) is 3.24. The summed E-state index contributed by atoms with van der Waals surface area (Å²) >= 11 is 0. The van der Waals surface area contributed by atoms with Crippen LogP contribution >= 0.6 is 0 Å². The first-order chi connectivity index (χ1) is 8.79. The van der Waals surface area contributed by atoms with E-state index in [4.69, 9.17) is 10.5 Å². The Hall–Kier alpha value is -1.52. The van der Waals surface area contributed by atoms with Gasteiger partial charge < -0.3 is 15.8 Å². The Morgan fingerprint density at radius 1 is 1.33 bits per heavy atom. The molecule has 18 heavy (non-hydrogen) atoms. The van der Waals surface area contributed by atoms with Crippen LogP contribution in [-0.4, -0.2) is 22.6 Å². The summed E-state index contributed by atoms with van der Waals surface area (Å²) in [5.74, 6) is 2.84. The van der Waals surface area contributed by atoms with Crippen molar-refractivity contribution in [3.8, 4) is 5.88 Å². The summed E-state index contributed by atoms with van der Waals surface area (Å²) in [6, 6.07) is 0.539. The third-order valence-corrected chi connectivity index (χ3v) is 3.69. The molecule has 0 atom stereocenters. The SMILES string of the molecule is CCOc1ncnc(NC(C2CC2)C2CC2)c1N. The minimum Gasteiger partial charge on any atom is -0.476 e. The van der Waals surface area contributed by atoms with Gasteiger partial charge in [-0.15, -0.1) is 0 Å². The molecule has 3 N–H and O–H groups in total. The Labute approximate surface area is 107 Å². The highest BCUT2D eigenvalue weighted by Crippen LogP contribution is 2.46. The van der Waals surface area contributed by atoms with E-state index >= 15 is 0 Å². The first-order valence-electron chi connectivity index (χ1n) is 6.79. The van der Waals surface area contributed by atoms with Crippen molar-refractivity contribution in [1.29, 1.82) is 0 Å². The number of rotatable bonds is 6. The predicted molar refractivity (Wildman–Crippen MR) is 70.5 cm³/mol. The Morgan fingerprint density at radius 3 is 2.56 bits per heavy atom. The summed E-state index contributed by atoms with van der Waals surface area (Å²) in [5.41, 5.74) is 6.58. The normalized spacial score (nSPS) is 19.0. The van der Waals surface area contributed by atoms with E-state index in [0.29, 0.717) is 24.2 Å². The lowest BCUT2D eigenvalue weighted by Crippen LogP contribution is -2.25. The van der Waals surface area contributed by atoms with Gasteiger partial charge in [0.25, 0.3) is 0 Å². The van der Waals surface area contributed by atoms with Gasteiger partial charge in [-0.05, 0) is 44.4 Å². The molecular weight excluding hydrogens is 228 g/mol. The van der Waals surface area contributed by atoms with Gasteiger partial charge in [0, 0.05) is 6.04 Å². The Balaban J connectivity index is 1.76. The van der Waals surface area contributed by atoms with Crippen molar-refractivity contribution >= 4 is 11.5 Å². The number of hydrogen-bond donors (Lipinski definition) is 2. The molecule has 0 aliphatic heterocycles. The fraction of sp³-hybridized carbons (Fsp3) is 0.692. The molecule has 0 aromatic carbocycles. The number of nitrogens with two attached hydrogens (primary N) is 1. The number of nitrogens with one attached hydrogen (secondary N) is 1. The number of aromatic nitrogens is 2. The predicted octanol–water partition coefficient (Wildman–Crippen LogP) is 2.06. The van der Waals surface area contributed by atoms with Crippen molar-refractivity contribution in [3.05, 3.63) is 6.33 Å². The summed E-state index contributed by atoms with van der Waals surface area (Å²) in [5, 5.41) is 3.51. The van der Waals surface area contributed by atoms with Crippen molar-refractivity contribution in [1.82, 2.24) is 9.97 Å². The van der Waals surface area contributed by atoms with E-state index in [1.54, 1.807) is 0 Å². The quantitative estimate of drug-likeness (QED) is 0.806. The molecule has 0 amide bonds. The van der Waals surface area contributed by atoms with Crippen molar-refractivity contribution in [2.24, 2.45) is 11.8 Å². The van der Waals surface area contributed by atoms with E-state index in [-0.39, 0.29) is 0 Å². The molecule has 2 aliphatic rings. The number of anilines is 2. The van der Waals surface area contributed by atoms with Crippen LogP contribution in [0.1, 0.15) is 32.6 Å². The maximum atomic E-state index is 6.05. The molecule has 1 aromatic rings. The van der Waals surface area contributed by atoms with Gasteiger partial charge in [-0.3, -0.25) is 0 Å². The van der Waals surface area contributed by atoms with Crippen molar-refractivity contribution in [2.45, 2.75) is 38.6 Å². The molecule has 0 saturated heterocycles. The topological polar surface area (TPSA) is 73.1 Å².